The van der Waals surface area contributed by atoms with Crippen molar-refractivity contribution in [2.75, 3.05) is 18.2 Å². The number of nitrogens with zero attached hydrogens (tertiary/aromatic N) is 2. The Bertz CT molecular complexity index is 360. The van der Waals surface area contributed by atoms with Gasteiger partial charge in [-0.1, -0.05) is 17.7 Å². The van der Waals surface area contributed by atoms with Crippen LogP contribution in [0.4, 0.5) is 10.6 Å². The Morgan fingerprint density at radius 3 is 2.88 bits per heavy atom. The SMILES string of the molecule is CCOC(=O)NN(CC)c1cccc(Cl)n1. The van der Waals surface area contributed by atoms with Gasteiger partial charge in [-0.05, 0) is 26.0 Å². The van der Waals surface area contributed by atoms with E-state index < -0.39 is 6.09 Å². The van der Waals surface area contributed by atoms with Gasteiger partial charge in [0.15, 0.2) is 0 Å². The summed E-state index contributed by atoms with van der Waals surface area (Å²) in [6, 6.07) is 5.19. The van der Waals surface area contributed by atoms with E-state index in [4.69, 9.17) is 16.3 Å². The highest BCUT2D eigenvalue weighted by Gasteiger charge is 2.10. The van der Waals surface area contributed by atoms with Crippen molar-refractivity contribution in [3.63, 3.8) is 0 Å². The third-order valence-electron chi connectivity index (χ3n) is 1.79. The van der Waals surface area contributed by atoms with Crippen molar-refractivity contribution in [3.8, 4) is 0 Å². The van der Waals surface area contributed by atoms with Crippen LogP contribution in [0.25, 0.3) is 0 Å². The molecule has 16 heavy (non-hydrogen) atoms. The van der Waals surface area contributed by atoms with E-state index in [1.807, 2.05) is 6.92 Å². The van der Waals surface area contributed by atoms with Gasteiger partial charge in [-0.2, -0.15) is 0 Å². The topological polar surface area (TPSA) is 54.5 Å². The number of nitrogens with one attached hydrogen (secondary N) is 1. The van der Waals surface area contributed by atoms with Crippen molar-refractivity contribution in [1.82, 2.24) is 10.4 Å². The number of pyridine rings is 1. The largest absolute Gasteiger partial charge is 0.449 e. The minimum absolute atomic E-state index is 0.326. The molecular weight excluding hydrogens is 230 g/mol. The molecule has 0 spiro atoms. The minimum Gasteiger partial charge on any atom is -0.449 e. The molecule has 1 heterocycles. The van der Waals surface area contributed by atoms with Crippen LogP contribution in [-0.2, 0) is 4.74 Å². The smallest absolute Gasteiger partial charge is 0.426 e. The van der Waals surface area contributed by atoms with Crippen LogP contribution in [-0.4, -0.2) is 24.2 Å². The molecule has 0 fully saturated rings. The summed E-state index contributed by atoms with van der Waals surface area (Å²) in [5.74, 6) is 0.572. The molecule has 5 nitrogen and oxygen atoms in total. The number of ether oxygens (including phenoxy) is 1. The van der Waals surface area contributed by atoms with Gasteiger partial charge in [-0.15, -0.1) is 0 Å². The Morgan fingerprint density at radius 2 is 2.31 bits per heavy atom. The quantitative estimate of drug-likeness (QED) is 0.651. The van der Waals surface area contributed by atoms with Gasteiger partial charge in [0.1, 0.15) is 11.0 Å². The number of rotatable bonds is 4. The lowest BCUT2D eigenvalue weighted by Crippen LogP contribution is -2.43. The van der Waals surface area contributed by atoms with Crippen LogP contribution in [0.15, 0.2) is 18.2 Å². The zero-order valence-corrected chi connectivity index (χ0v) is 9.99. The molecule has 0 saturated heterocycles. The summed E-state index contributed by atoms with van der Waals surface area (Å²) in [5, 5.41) is 1.94. The second kappa shape index (κ2) is 6.17. The molecule has 0 unspecified atom stereocenters. The molecule has 0 saturated carbocycles. The van der Waals surface area contributed by atoms with E-state index in [0.29, 0.717) is 24.1 Å². The second-order valence-electron chi connectivity index (χ2n) is 2.90. The molecule has 1 rings (SSSR count). The van der Waals surface area contributed by atoms with Crippen LogP contribution < -0.4 is 10.4 Å². The lowest BCUT2D eigenvalue weighted by molar-refractivity contribution is 0.151. The summed E-state index contributed by atoms with van der Waals surface area (Å²) in [4.78, 5) is 15.3. The number of amides is 1. The molecule has 0 aromatic carbocycles. The van der Waals surface area contributed by atoms with Gasteiger partial charge in [-0.25, -0.2) is 15.2 Å². The molecule has 1 aromatic heterocycles. The van der Waals surface area contributed by atoms with Crippen LogP contribution in [0, 0.1) is 0 Å². The van der Waals surface area contributed by atoms with E-state index in [1.165, 1.54) is 0 Å². The van der Waals surface area contributed by atoms with Gasteiger partial charge in [0.2, 0.25) is 0 Å². The molecule has 0 radical (unpaired) electrons. The van der Waals surface area contributed by atoms with Crippen molar-refractivity contribution in [3.05, 3.63) is 23.4 Å². The molecule has 88 valence electrons. The van der Waals surface area contributed by atoms with Crippen molar-refractivity contribution >= 4 is 23.5 Å². The van der Waals surface area contributed by atoms with E-state index in [2.05, 4.69) is 10.4 Å². The standard InChI is InChI=1S/C10H14ClN3O2/c1-3-14(13-10(15)16-4-2)9-7-5-6-8(11)12-9/h5-7H,3-4H2,1-2H3,(H,13,15). The predicted molar refractivity (Wildman–Crippen MR) is 62.4 cm³/mol. The van der Waals surface area contributed by atoms with Gasteiger partial charge in [-0.3, -0.25) is 5.01 Å². The Labute approximate surface area is 99.3 Å². The number of hydrazine groups is 1. The fourth-order valence-corrected chi connectivity index (χ4v) is 1.28. The van der Waals surface area contributed by atoms with Gasteiger partial charge < -0.3 is 4.74 Å². The Morgan fingerprint density at radius 1 is 1.56 bits per heavy atom. The van der Waals surface area contributed by atoms with Crippen LogP contribution in [0.2, 0.25) is 5.15 Å². The molecule has 0 aliphatic heterocycles. The molecular formula is C10H14ClN3O2. The van der Waals surface area contributed by atoms with Gasteiger partial charge in [0.05, 0.1) is 6.61 Å². The predicted octanol–water partition coefficient (Wildman–Crippen LogP) is 2.22. The highest BCUT2D eigenvalue weighted by atomic mass is 35.5. The zero-order valence-electron chi connectivity index (χ0n) is 9.24. The van der Waals surface area contributed by atoms with Gasteiger partial charge >= 0.3 is 6.09 Å². The van der Waals surface area contributed by atoms with E-state index in [1.54, 1.807) is 30.1 Å². The van der Waals surface area contributed by atoms with E-state index in [9.17, 15) is 4.79 Å². The van der Waals surface area contributed by atoms with Gasteiger partial charge in [0, 0.05) is 6.54 Å². The summed E-state index contributed by atoms with van der Waals surface area (Å²) < 4.78 is 4.77. The Balaban J connectivity index is 2.70. The summed E-state index contributed by atoms with van der Waals surface area (Å²) >= 11 is 5.76. The third kappa shape index (κ3) is 3.58. The first-order valence-corrected chi connectivity index (χ1v) is 5.38. The summed E-state index contributed by atoms with van der Waals surface area (Å²) in [7, 11) is 0. The van der Waals surface area contributed by atoms with Crippen LogP contribution in [0.1, 0.15) is 13.8 Å². The maximum atomic E-state index is 11.2. The average Bonchev–Trinajstić information content (AvgIpc) is 2.26. The molecule has 1 amide bonds. The van der Waals surface area contributed by atoms with Crippen molar-refractivity contribution in [2.45, 2.75) is 13.8 Å². The highest BCUT2D eigenvalue weighted by molar-refractivity contribution is 6.29. The lowest BCUT2D eigenvalue weighted by atomic mass is 10.4. The van der Waals surface area contributed by atoms with Gasteiger partial charge in [0.25, 0.3) is 0 Å². The Kier molecular flexibility index (Phi) is 4.85. The number of halogens is 1. The number of aromatic nitrogens is 1. The Hall–Kier alpha value is -1.49. The van der Waals surface area contributed by atoms with Crippen molar-refractivity contribution in [1.29, 1.82) is 0 Å². The highest BCUT2D eigenvalue weighted by Crippen LogP contribution is 2.12. The van der Waals surface area contributed by atoms with E-state index in [0.717, 1.165) is 0 Å². The average molecular weight is 244 g/mol. The normalized spacial score (nSPS) is 9.69. The maximum Gasteiger partial charge on any atom is 0.426 e. The van der Waals surface area contributed by atoms with Crippen molar-refractivity contribution < 1.29 is 9.53 Å². The third-order valence-corrected chi connectivity index (χ3v) is 2.01. The number of hydrogen-bond acceptors (Lipinski definition) is 4. The molecule has 1 N–H and O–H groups in total. The van der Waals surface area contributed by atoms with E-state index in [-0.39, 0.29) is 0 Å². The fourth-order valence-electron chi connectivity index (χ4n) is 1.12. The van der Waals surface area contributed by atoms with E-state index >= 15 is 0 Å². The number of anilines is 1. The van der Waals surface area contributed by atoms with Crippen LogP contribution in [0.5, 0.6) is 0 Å². The maximum absolute atomic E-state index is 11.2. The summed E-state index contributed by atoms with van der Waals surface area (Å²) in [6.07, 6.45) is -0.508. The number of carbonyl (C=O) groups is 1. The molecule has 0 aliphatic rings. The first-order valence-electron chi connectivity index (χ1n) is 5.00. The molecule has 0 aliphatic carbocycles. The summed E-state index contributed by atoms with van der Waals surface area (Å²) in [5.41, 5.74) is 2.56. The molecule has 0 atom stereocenters. The monoisotopic (exact) mass is 243 g/mol. The fraction of sp³-hybridized carbons (Fsp3) is 0.400. The molecule has 0 bridgehead atoms. The number of hydrogen-bond donors (Lipinski definition) is 1. The van der Waals surface area contributed by atoms with Crippen molar-refractivity contribution in [2.24, 2.45) is 0 Å². The molecule has 6 heteroatoms. The summed E-state index contributed by atoms with van der Waals surface area (Å²) in [6.45, 7) is 4.51. The second-order valence-corrected chi connectivity index (χ2v) is 3.28. The van der Waals surface area contributed by atoms with Crippen LogP contribution >= 0.6 is 11.6 Å². The first-order chi connectivity index (χ1) is 7.67. The minimum atomic E-state index is -0.508. The van der Waals surface area contributed by atoms with Crippen LogP contribution in [0.3, 0.4) is 0 Å². The lowest BCUT2D eigenvalue weighted by Gasteiger charge is -2.21. The first kappa shape index (κ1) is 12.6. The molecule has 1 aromatic rings. The number of carbonyl (C=O) groups excluding carboxylic acids is 1. The zero-order chi connectivity index (χ0) is 12.0.